The van der Waals surface area contributed by atoms with Crippen LogP contribution in [0.2, 0.25) is 0 Å². The summed E-state index contributed by atoms with van der Waals surface area (Å²) >= 11 is 1.99. The molecule has 9 heteroatoms. The molecule has 31 heavy (non-hydrogen) atoms. The molecule has 1 aromatic carbocycles. The fraction of sp³-hybridized carbons (Fsp3) is 0.409. The number of thioether (sulfide) groups is 1. The maximum Gasteiger partial charge on any atom is 0.238 e. The van der Waals surface area contributed by atoms with Gasteiger partial charge in [0.1, 0.15) is 11.6 Å². The molecule has 3 heterocycles. The molecule has 1 aliphatic heterocycles. The van der Waals surface area contributed by atoms with Gasteiger partial charge in [-0.05, 0) is 36.6 Å². The van der Waals surface area contributed by atoms with E-state index in [1.54, 1.807) is 12.1 Å². The number of hydrogen-bond acceptors (Lipinski definition) is 6. The van der Waals surface area contributed by atoms with Crippen LogP contribution in [0.15, 0.2) is 47.5 Å². The van der Waals surface area contributed by atoms with Gasteiger partial charge in [0.25, 0.3) is 0 Å². The van der Waals surface area contributed by atoms with Gasteiger partial charge in [0.05, 0.1) is 16.0 Å². The SMILES string of the molecule is CC1(C)Cc2nnc(C3(c4ccc(-c5ccc(S(N)(=O)=O)cc5)nc4)CC3)n2CCS1. The molecule has 2 aliphatic rings. The van der Waals surface area contributed by atoms with Crippen LogP contribution in [0.4, 0.5) is 0 Å². The van der Waals surface area contributed by atoms with Crippen LogP contribution in [-0.4, -0.2) is 38.7 Å². The zero-order valence-electron chi connectivity index (χ0n) is 17.6. The predicted octanol–water partition coefficient (Wildman–Crippen LogP) is 3.14. The average molecular weight is 456 g/mol. The van der Waals surface area contributed by atoms with Gasteiger partial charge in [-0.15, -0.1) is 10.2 Å². The smallest absolute Gasteiger partial charge is 0.238 e. The monoisotopic (exact) mass is 455 g/mol. The van der Waals surface area contributed by atoms with Crippen molar-refractivity contribution in [2.45, 2.75) is 54.7 Å². The maximum absolute atomic E-state index is 11.5. The molecule has 1 saturated carbocycles. The molecule has 0 unspecified atom stereocenters. The molecule has 1 aliphatic carbocycles. The standard InChI is InChI=1S/C22H25N5O2S2/c1-21(2)13-19-25-26-20(27(19)11-12-30-21)22(9-10-22)16-5-8-18(24-14-16)15-3-6-17(7-4-15)31(23,28)29/h3-8,14H,9-13H2,1-2H3,(H2,23,28,29). The van der Waals surface area contributed by atoms with Gasteiger partial charge in [-0.3, -0.25) is 4.98 Å². The van der Waals surface area contributed by atoms with E-state index in [9.17, 15) is 8.42 Å². The molecule has 3 aromatic rings. The number of fused-ring (bicyclic) bond motifs is 1. The third-order valence-corrected chi connectivity index (χ3v) is 8.43. The Balaban J connectivity index is 1.44. The Kier molecular flexibility index (Phi) is 4.76. The fourth-order valence-electron chi connectivity index (χ4n) is 4.33. The largest absolute Gasteiger partial charge is 0.313 e. The van der Waals surface area contributed by atoms with Crippen molar-refractivity contribution in [2.24, 2.45) is 5.14 Å². The van der Waals surface area contributed by atoms with E-state index in [0.717, 1.165) is 60.0 Å². The Morgan fingerprint density at radius 3 is 2.42 bits per heavy atom. The van der Waals surface area contributed by atoms with Gasteiger partial charge in [-0.1, -0.05) is 32.0 Å². The Hall–Kier alpha value is -2.23. The van der Waals surface area contributed by atoms with Crippen LogP contribution in [0.3, 0.4) is 0 Å². The van der Waals surface area contributed by atoms with E-state index in [-0.39, 0.29) is 15.1 Å². The van der Waals surface area contributed by atoms with Crippen molar-refractivity contribution in [1.29, 1.82) is 0 Å². The number of benzene rings is 1. The first-order valence-electron chi connectivity index (χ1n) is 10.3. The number of primary sulfonamides is 1. The van der Waals surface area contributed by atoms with E-state index in [1.807, 2.05) is 24.0 Å². The molecule has 0 amide bonds. The summed E-state index contributed by atoms with van der Waals surface area (Å²) < 4.78 is 25.4. The first-order valence-corrected chi connectivity index (χ1v) is 12.9. The topological polar surface area (TPSA) is 104 Å². The molecule has 0 bridgehead atoms. The van der Waals surface area contributed by atoms with Crippen LogP contribution in [0.1, 0.15) is 43.9 Å². The Bertz CT molecular complexity index is 1230. The third kappa shape index (κ3) is 3.79. The summed E-state index contributed by atoms with van der Waals surface area (Å²) in [6.45, 7) is 5.48. The number of hydrogen-bond donors (Lipinski definition) is 1. The van der Waals surface area contributed by atoms with Gasteiger partial charge in [-0.25, -0.2) is 13.6 Å². The molecule has 0 atom stereocenters. The highest BCUT2D eigenvalue weighted by molar-refractivity contribution is 8.00. The summed E-state index contributed by atoms with van der Waals surface area (Å²) in [6.07, 6.45) is 4.94. The Labute approximate surface area is 186 Å². The minimum atomic E-state index is -3.70. The van der Waals surface area contributed by atoms with Crippen molar-refractivity contribution in [1.82, 2.24) is 19.7 Å². The van der Waals surface area contributed by atoms with Gasteiger partial charge in [0.2, 0.25) is 10.0 Å². The fourth-order valence-corrected chi connectivity index (χ4v) is 5.90. The number of rotatable bonds is 4. The zero-order valence-corrected chi connectivity index (χ0v) is 19.2. The summed E-state index contributed by atoms with van der Waals surface area (Å²) in [5.74, 6) is 3.20. The number of aromatic nitrogens is 4. The van der Waals surface area contributed by atoms with Crippen LogP contribution < -0.4 is 5.14 Å². The molecular formula is C22H25N5O2S2. The highest BCUT2D eigenvalue weighted by Crippen LogP contribution is 2.53. The van der Waals surface area contributed by atoms with Gasteiger partial charge in [0, 0.05) is 35.2 Å². The maximum atomic E-state index is 11.5. The van der Waals surface area contributed by atoms with Crippen molar-refractivity contribution in [3.8, 4) is 11.3 Å². The van der Waals surface area contributed by atoms with Crippen molar-refractivity contribution in [3.05, 3.63) is 59.8 Å². The number of pyridine rings is 1. The van der Waals surface area contributed by atoms with E-state index < -0.39 is 10.0 Å². The molecule has 162 valence electrons. The van der Waals surface area contributed by atoms with Crippen LogP contribution in [0, 0.1) is 0 Å². The Morgan fingerprint density at radius 1 is 1.06 bits per heavy atom. The van der Waals surface area contributed by atoms with Crippen LogP contribution >= 0.6 is 11.8 Å². The summed E-state index contributed by atoms with van der Waals surface area (Å²) in [4.78, 5) is 4.76. The number of nitrogens with two attached hydrogens (primary N) is 1. The highest BCUT2D eigenvalue weighted by atomic mass is 32.2. The molecule has 0 radical (unpaired) electrons. The number of sulfonamides is 1. The minimum absolute atomic E-state index is 0.0960. The molecule has 0 saturated heterocycles. The van der Waals surface area contributed by atoms with Crippen molar-refractivity contribution >= 4 is 21.8 Å². The summed E-state index contributed by atoms with van der Waals surface area (Å²) in [6, 6.07) is 10.6. The van der Waals surface area contributed by atoms with Gasteiger partial charge >= 0.3 is 0 Å². The molecule has 1 fully saturated rings. The van der Waals surface area contributed by atoms with E-state index in [2.05, 4.69) is 39.7 Å². The second-order valence-electron chi connectivity index (χ2n) is 8.96. The summed E-state index contributed by atoms with van der Waals surface area (Å²) in [5, 5.41) is 14.4. The lowest BCUT2D eigenvalue weighted by Crippen LogP contribution is -2.20. The van der Waals surface area contributed by atoms with E-state index >= 15 is 0 Å². The van der Waals surface area contributed by atoms with Crippen molar-refractivity contribution in [2.75, 3.05) is 5.75 Å². The quantitative estimate of drug-likeness (QED) is 0.648. The van der Waals surface area contributed by atoms with Crippen molar-refractivity contribution < 1.29 is 8.42 Å². The molecule has 2 N–H and O–H groups in total. The molecule has 5 rings (SSSR count). The van der Waals surface area contributed by atoms with Crippen LogP contribution in [0.5, 0.6) is 0 Å². The third-order valence-electron chi connectivity index (χ3n) is 6.19. The molecule has 2 aromatic heterocycles. The lowest BCUT2D eigenvalue weighted by atomic mass is 9.95. The summed E-state index contributed by atoms with van der Waals surface area (Å²) in [7, 11) is -3.70. The average Bonchev–Trinajstić information content (AvgIpc) is 3.47. The van der Waals surface area contributed by atoms with E-state index in [1.165, 1.54) is 12.1 Å². The predicted molar refractivity (Wildman–Crippen MR) is 121 cm³/mol. The first kappa shape index (κ1) is 20.7. The van der Waals surface area contributed by atoms with Crippen LogP contribution in [-0.2, 0) is 28.4 Å². The Morgan fingerprint density at radius 2 is 1.81 bits per heavy atom. The highest BCUT2D eigenvalue weighted by Gasteiger charge is 2.50. The van der Waals surface area contributed by atoms with E-state index in [4.69, 9.17) is 5.14 Å². The molecule has 7 nitrogen and oxygen atoms in total. The summed E-state index contributed by atoms with van der Waals surface area (Å²) in [5.41, 5.74) is 2.69. The number of nitrogens with zero attached hydrogens (tertiary/aromatic N) is 4. The molecular weight excluding hydrogens is 430 g/mol. The van der Waals surface area contributed by atoms with Gasteiger partial charge in [0.15, 0.2) is 0 Å². The van der Waals surface area contributed by atoms with Gasteiger partial charge < -0.3 is 4.57 Å². The lowest BCUT2D eigenvalue weighted by Gasteiger charge is -2.19. The van der Waals surface area contributed by atoms with E-state index in [0.29, 0.717) is 0 Å². The second kappa shape index (κ2) is 7.15. The first-order chi connectivity index (χ1) is 14.7. The van der Waals surface area contributed by atoms with Crippen molar-refractivity contribution in [3.63, 3.8) is 0 Å². The minimum Gasteiger partial charge on any atom is -0.313 e. The molecule has 0 spiro atoms. The zero-order chi connectivity index (χ0) is 21.9. The van der Waals surface area contributed by atoms with Gasteiger partial charge in [-0.2, -0.15) is 11.8 Å². The second-order valence-corrected chi connectivity index (χ2v) is 12.3. The van der Waals surface area contributed by atoms with Crippen LogP contribution in [0.25, 0.3) is 11.3 Å². The lowest BCUT2D eigenvalue weighted by molar-refractivity contribution is 0.598. The normalized spacial score (nSPS) is 19.5.